The van der Waals surface area contributed by atoms with E-state index in [1.807, 2.05) is 0 Å². The number of ketones is 1. The minimum atomic E-state index is -1.41. The monoisotopic (exact) mass is 319 g/mol. The third-order valence-electron chi connectivity index (χ3n) is 3.33. The third kappa shape index (κ3) is 3.18. The molecule has 0 fully saturated rings. The molecule has 23 heavy (non-hydrogen) atoms. The fraction of sp³-hybridized carbons (Fsp3) is 0.312. The first-order valence-corrected chi connectivity index (χ1v) is 6.86. The van der Waals surface area contributed by atoms with E-state index in [1.165, 1.54) is 21.0 Å². The fourth-order valence-corrected chi connectivity index (χ4v) is 2.19. The Bertz CT molecular complexity index is 691. The van der Waals surface area contributed by atoms with Crippen molar-refractivity contribution in [1.29, 1.82) is 0 Å². The number of benzene rings is 1. The van der Waals surface area contributed by atoms with Crippen LogP contribution in [0.2, 0.25) is 0 Å². The molecule has 1 unspecified atom stereocenters. The summed E-state index contributed by atoms with van der Waals surface area (Å²) in [6.45, 7) is 3.96. The summed E-state index contributed by atoms with van der Waals surface area (Å²) < 4.78 is 15.6. The van der Waals surface area contributed by atoms with Gasteiger partial charge in [-0.05, 0) is 19.1 Å². The summed E-state index contributed by atoms with van der Waals surface area (Å²) in [7, 11) is 1.53. The Morgan fingerprint density at radius 3 is 2.26 bits per heavy atom. The molecule has 122 valence electrons. The number of amides is 1. The predicted octanol–water partition coefficient (Wildman–Crippen LogP) is 1.38. The molecule has 0 spiro atoms. The second kappa shape index (κ2) is 6.12. The van der Waals surface area contributed by atoms with E-state index in [1.54, 1.807) is 24.3 Å². The zero-order valence-corrected chi connectivity index (χ0v) is 13.3. The van der Waals surface area contributed by atoms with E-state index in [0.29, 0.717) is 11.3 Å². The second-order valence-corrected chi connectivity index (χ2v) is 5.13. The molecule has 1 heterocycles. The van der Waals surface area contributed by atoms with Gasteiger partial charge in [-0.3, -0.25) is 19.7 Å². The van der Waals surface area contributed by atoms with Crippen LogP contribution < -0.4 is 10.1 Å². The summed E-state index contributed by atoms with van der Waals surface area (Å²) in [4.78, 5) is 35.2. The molecule has 0 radical (unpaired) electrons. The maximum atomic E-state index is 12.7. The summed E-state index contributed by atoms with van der Waals surface area (Å²) in [5.74, 6) is -1.54. The van der Waals surface area contributed by atoms with Crippen LogP contribution in [0.4, 0.5) is 0 Å². The second-order valence-electron chi connectivity index (χ2n) is 5.13. The van der Waals surface area contributed by atoms with Gasteiger partial charge < -0.3 is 14.2 Å². The minimum Gasteiger partial charge on any atom is -0.497 e. The predicted molar refractivity (Wildman–Crippen MR) is 79.0 cm³/mol. The number of ether oxygens (including phenoxy) is 3. The molecule has 1 atom stereocenters. The molecule has 1 aliphatic rings. The Kier molecular flexibility index (Phi) is 4.40. The van der Waals surface area contributed by atoms with Gasteiger partial charge >= 0.3 is 5.97 Å². The summed E-state index contributed by atoms with van der Waals surface area (Å²) >= 11 is 0. The van der Waals surface area contributed by atoms with Crippen LogP contribution in [0.25, 0.3) is 0 Å². The van der Waals surface area contributed by atoms with Gasteiger partial charge in [0.25, 0.3) is 5.78 Å². The van der Waals surface area contributed by atoms with Gasteiger partial charge in [0.15, 0.2) is 5.60 Å². The van der Waals surface area contributed by atoms with E-state index in [-0.39, 0.29) is 11.6 Å². The summed E-state index contributed by atoms with van der Waals surface area (Å²) in [5.41, 5.74) is -0.872. The lowest BCUT2D eigenvalue weighted by Gasteiger charge is -2.23. The molecule has 1 aromatic rings. The van der Waals surface area contributed by atoms with E-state index in [9.17, 15) is 14.4 Å². The number of nitrogens with one attached hydrogen (secondary N) is 1. The normalized spacial score (nSPS) is 20.1. The van der Waals surface area contributed by atoms with Crippen LogP contribution in [-0.2, 0) is 29.5 Å². The standard InChI is InChI=1S/C16H17NO6/c1-9(18)17-15-13(22-10(2)19)14(20)16(3,23-15)11-5-7-12(21-4)8-6-11/h5-8H,1-4H3,(H,17,18). The van der Waals surface area contributed by atoms with Crippen molar-refractivity contribution in [2.45, 2.75) is 26.4 Å². The minimum absolute atomic E-state index is 0.170. The van der Waals surface area contributed by atoms with E-state index in [4.69, 9.17) is 14.2 Å². The molecule has 0 aromatic heterocycles. The van der Waals surface area contributed by atoms with Gasteiger partial charge in [-0.2, -0.15) is 0 Å². The number of rotatable bonds is 4. The average Bonchev–Trinajstić information content (AvgIpc) is 2.72. The molecule has 1 aromatic carbocycles. The third-order valence-corrected chi connectivity index (χ3v) is 3.33. The molecule has 2 rings (SSSR count). The van der Waals surface area contributed by atoms with E-state index >= 15 is 0 Å². The molecule has 1 amide bonds. The number of Topliss-reactive ketones (excluding diaryl/α,β-unsaturated/α-hetero) is 1. The molecule has 0 saturated carbocycles. The molecule has 1 N–H and O–H groups in total. The molecule has 0 aliphatic carbocycles. The first-order valence-electron chi connectivity index (χ1n) is 6.86. The molecule has 1 aliphatic heterocycles. The highest BCUT2D eigenvalue weighted by Crippen LogP contribution is 2.38. The maximum Gasteiger partial charge on any atom is 0.308 e. The maximum absolute atomic E-state index is 12.7. The lowest BCUT2D eigenvalue weighted by molar-refractivity contribution is -0.142. The van der Waals surface area contributed by atoms with E-state index < -0.39 is 23.3 Å². The Morgan fingerprint density at radius 1 is 1.17 bits per heavy atom. The lowest BCUT2D eigenvalue weighted by atomic mass is 9.91. The number of hydrogen-bond donors (Lipinski definition) is 1. The van der Waals surface area contributed by atoms with Gasteiger partial charge in [0.2, 0.25) is 17.5 Å². The molecule has 0 saturated heterocycles. The van der Waals surface area contributed by atoms with Crippen molar-refractivity contribution in [1.82, 2.24) is 5.32 Å². The zero-order chi connectivity index (χ0) is 17.2. The topological polar surface area (TPSA) is 90.9 Å². The Labute approximate surface area is 133 Å². The SMILES string of the molecule is COc1ccc(C2(C)OC(NC(C)=O)=C(OC(C)=O)C2=O)cc1. The average molecular weight is 319 g/mol. The van der Waals surface area contributed by atoms with Crippen LogP contribution >= 0.6 is 0 Å². The number of methoxy groups -OCH3 is 1. The van der Waals surface area contributed by atoms with Crippen LogP contribution in [0, 0.1) is 0 Å². The van der Waals surface area contributed by atoms with Gasteiger partial charge in [-0.15, -0.1) is 0 Å². The van der Waals surface area contributed by atoms with Gasteiger partial charge in [0, 0.05) is 19.4 Å². The lowest BCUT2D eigenvalue weighted by Crippen LogP contribution is -2.32. The smallest absolute Gasteiger partial charge is 0.308 e. The summed E-state index contributed by atoms with van der Waals surface area (Å²) in [6.07, 6.45) is 0. The van der Waals surface area contributed by atoms with E-state index in [2.05, 4.69) is 5.32 Å². The summed E-state index contributed by atoms with van der Waals surface area (Å²) in [5, 5.41) is 2.37. The number of carbonyl (C=O) groups is 3. The van der Waals surface area contributed by atoms with Crippen molar-refractivity contribution in [3.63, 3.8) is 0 Å². The molecule has 7 heteroatoms. The van der Waals surface area contributed by atoms with Crippen LogP contribution in [0.15, 0.2) is 35.9 Å². The van der Waals surface area contributed by atoms with Gasteiger partial charge in [-0.1, -0.05) is 12.1 Å². The van der Waals surface area contributed by atoms with Crippen molar-refractivity contribution in [3.05, 3.63) is 41.5 Å². The zero-order valence-electron chi connectivity index (χ0n) is 13.3. The van der Waals surface area contributed by atoms with Crippen LogP contribution in [0.1, 0.15) is 26.3 Å². The Hall–Kier alpha value is -2.83. The Morgan fingerprint density at radius 2 is 1.78 bits per heavy atom. The first kappa shape index (κ1) is 16.5. The van der Waals surface area contributed by atoms with Gasteiger partial charge in [0.05, 0.1) is 7.11 Å². The van der Waals surface area contributed by atoms with Crippen LogP contribution in [-0.4, -0.2) is 24.8 Å². The largest absolute Gasteiger partial charge is 0.497 e. The highest BCUT2D eigenvalue weighted by molar-refractivity contribution is 6.04. The number of hydrogen-bond acceptors (Lipinski definition) is 6. The van der Waals surface area contributed by atoms with Crippen molar-refractivity contribution in [3.8, 4) is 5.75 Å². The quantitative estimate of drug-likeness (QED) is 0.843. The molecule has 0 bridgehead atoms. The number of carbonyl (C=O) groups excluding carboxylic acids is 3. The van der Waals surface area contributed by atoms with Crippen molar-refractivity contribution in [2.24, 2.45) is 0 Å². The molecular formula is C16H17NO6. The van der Waals surface area contributed by atoms with Crippen molar-refractivity contribution < 1.29 is 28.6 Å². The van der Waals surface area contributed by atoms with Crippen LogP contribution in [0.3, 0.4) is 0 Å². The fourth-order valence-electron chi connectivity index (χ4n) is 2.19. The van der Waals surface area contributed by atoms with Gasteiger partial charge in [-0.25, -0.2) is 0 Å². The van der Waals surface area contributed by atoms with Crippen LogP contribution in [0.5, 0.6) is 5.75 Å². The first-order chi connectivity index (χ1) is 10.8. The molecule has 7 nitrogen and oxygen atoms in total. The Balaban J connectivity index is 2.40. The molecular weight excluding hydrogens is 302 g/mol. The highest BCUT2D eigenvalue weighted by atomic mass is 16.6. The van der Waals surface area contributed by atoms with E-state index in [0.717, 1.165) is 6.92 Å². The van der Waals surface area contributed by atoms with Gasteiger partial charge in [0.1, 0.15) is 5.75 Å². The van der Waals surface area contributed by atoms with Crippen molar-refractivity contribution in [2.75, 3.05) is 7.11 Å². The van der Waals surface area contributed by atoms with Crippen molar-refractivity contribution >= 4 is 17.7 Å². The summed E-state index contributed by atoms with van der Waals surface area (Å²) in [6, 6.07) is 6.69. The number of esters is 1. The highest BCUT2D eigenvalue weighted by Gasteiger charge is 2.49.